The lowest BCUT2D eigenvalue weighted by Crippen LogP contribution is -2.57. The zero-order valence-corrected chi connectivity index (χ0v) is 30.1. The molecule has 0 unspecified atom stereocenters. The summed E-state index contributed by atoms with van der Waals surface area (Å²) in [5.41, 5.74) is 7.59. The van der Waals surface area contributed by atoms with Crippen LogP contribution >= 0.6 is 11.8 Å². The lowest BCUT2D eigenvalue weighted by Gasteiger charge is -2.28. The molecule has 5 amide bonds. The predicted octanol–water partition coefficient (Wildman–Crippen LogP) is 0.950. The lowest BCUT2D eigenvalue weighted by molar-refractivity contribution is -0.143. The highest BCUT2D eigenvalue weighted by Gasteiger charge is 2.37. The van der Waals surface area contributed by atoms with Gasteiger partial charge in [0.05, 0.1) is 12.6 Å². The molecule has 1 saturated heterocycles. The summed E-state index contributed by atoms with van der Waals surface area (Å²) >= 11 is 1.49. The Morgan fingerprint density at radius 2 is 1.51 bits per heavy atom. The zero-order valence-electron chi connectivity index (χ0n) is 29.3. The summed E-state index contributed by atoms with van der Waals surface area (Å²) in [7, 11) is 0. The van der Waals surface area contributed by atoms with Gasteiger partial charge in [-0.2, -0.15) is 11.8 Å². The fraction of sp³-hybridized carbons (Fsp3) is 0.500. The van der Waals surface area contributed by atoms with Gasteiger partial charge in [0.15, 0.2) is 0 Å². The standard InChI is InChI=1S/C36H50N6O8S/c1-22(2)18-29(36(49)50)41-34(47)28(20-23-8-5-4-6-9-23)40-35(48)30-10-7-16-42(30)31(44)21-38-33(46)27(15-17-51-3)39-32(45)26(37)19-24-11-13-25(43)14-12-24/h4-6,8-9,11-14,22,26-30,43H,7,10,15-21,37H2,1-3H3,(H,38,46)(H,39,45)(H,40,48)(H,41,47)(H,49,50)/t26-,27-,28-,29-,30-/m0/s1. The van der Waals surface area contributed by atoms with E-state index in [4.69, 9.17) is 5.73 Å². The lowest BCUT2D eigenvalue weighted by atomic mass is 10.0. The number of hydrogen-bond acceptors (Lipinski definition) is 9. The van der Waals surface area contributed by atoms with Gasteiger partial charge in [0, 0.05) is 13.0 Å². The highest BCUT2D eigenvalue weighted by atomic mass is 32.2. The number of nitrogens with zero attached hydrogens (tertiary/aromatic N) is 1. The Hall–Kier alpha value is -4.63. The normalized spacial score (nSPS) is 16.4. The van der Waals surface area contributed by atoms with E-state index in [9.17, 15) is 39.0 Å². The van der Waals surface area contributed by atoms with Gasteiger partial charge in [-0.3, -0.25) is 24.0 Å². The number of aromatic hydroxyl groups is 1. The van der Waals surface area contributed by atoms with E-state index in [1.165, 1.54) is 28.8 Å². The van der Waals surface area contributed by atoms with Crippen molar-refractivity contribution in [1.29, 1.82) is 0 Å². The van der Waals surface area contributed by atoms with Crippen molar-refractivity contribution in [2.75, 3.05) is 25.1 Å². The van der Waals surface area contributed by atoms with Crippen molar-refractivity contribution >= 4 is 47.3 Å². The highest BCUT2D eigenvalue weighted by molar-refractivity contribution is 7.98. The van der Waals surface area contributed by atoms with Crippen LogP contribution in [0.1, 0.15) is 50.7 Å². The molecular formula is C36H50N6O8S. The summed E-state index contributed by atoms with van der Waals surface area (Å²) < 4.78 is 0. The Morgan fingerprint density at radius 1 is 0.863 bits per heavy atom. The number of carbonyl (C=O) groups excluding carboxylic acids is 5. The maximum absolute atomic E-state index is 13.6. The van der Waals surface area contributed by atoms with Gasteiger partial charge in [-0.25, -0.2) is 4.79 Å². The van der Waals surface area contributed by atoms with Crippen LogP contribution in [0.5, 0.6) is 5.75 Å². The Morgan fingerprint density at radius 3 is 2.14 bits per heavy atom. The number of carboxylic acid groups (broad SMARTS) is 1. The van der Waals surface area contributed by atoms with E-state index in [1.807, 2.05) is 26.2 Å². The molecule has 2 aromatic carbocycles. The van der Waals surface area contributed by atoms with Gasteiger partial charge in [-0.1, -0.05) is 56.3 Å². The first kappa shape index (κ1) is 40.8. The largest absolute Gasteiger partial charge is 0.508 e. The SMILES string of the molecule is CSCC[C@H](NC(=O)[C@@H](N)Cc1ccc(O)cc1)C(=O)NCC(=O)N1CCC[C@H]1C(=O)N[C@@H](Cc1ccccc1)C(=O)N[C@@H](CC(C)C)C(=O)O. The Balaban J connectivity index is 1.64. The van der Waals surface area contributed by atoms with Crippen LogP contribution in [0.3, 0.4) is 0 Å². The number of phenolic OH excluding ortho intramolecular Hbond substituents is 1. The third-order valence-corrected chi connectivity index (χ3v) is 9.14. The maximum Gasteiger partial charge on any atom is 0.326 e. The number of rotatable bonds is 19. The van der Waals surface area contributed by atoms with E-state index in [0.717, 1.165) is 11.1 Å². The average Bonchev–Trinajstić information content (AvgIpc) is 3.60. The summed E-state index contributed by atoms with van der Waals surface area (Å²) in [5, 5.41) is 29.8. The van der Waals surface area contributed by atoms with Crippen molar-refractivity contribution in [3.05, 3.63) is 65.7 Å². The molecule has 0 aliphatic carbocycles. The van der Waals surface area contributed by atoms with Crippen LogP contribution in [0, 0.1) is 5.92 Å². The number of carbonyl (C=O) groups is 6. The molecular weight excluding hydrogens is 676 g/mol. The van der Waals surface area contributed by atoms with E-state index in [0.29, 0.717) is 25.0 Å². The van der Waals surface area contributed by atoms with Gasteiger partial charge in [0.2, 0.25) is 29.5 Å². The maximum atomic E-state index is 13.6. The van der Waals surface area contributed by atoms with Crippen LogP contribution < -0.4 is 27.0 Å². The quantitative estimate of drug-likeness (QED) is 0.109. The number of aliphatic carboxylic acids is 1. The molecule has 14 nitrogen and oxygen atoms in total. The molecule has 15 heteroatoms. The second kappa shape index (κ2) is 20.3. The van der Waals surface area contributed by atoms with Crippen LogP contribution in [-0.4, -0.2) is 106 Å². The number of phenols is 1. The van der Waals surface area contributed by atoms with E-state index >= 15 is 0 Å². The van der Waals surface area contributed by atoms with E-state index in [-0.39, 0.29) is 37.5 Å². The van der Waals surface area contributed by atoms with E-state index < -0.39 is 72.3 Å². The number of carboxylic acids is 1. The second-order valence-corrected chi connectivity index (χ2v) is 14.0. The fourth-order valence-electron chi connectivity index (χ4n) is 5.78. The first-order valence-corrected chi connectivity index (χ1v) is 18.5. The Labute approximate surface area is 302 Å². The van der Waals surface area contributed by atoms with E-state index in [2.05, 4.69) is 21.3 Å². The third kappa shape index (κ3) is 13.2. The van der Waals surface area contributed by atoms with Crippen molar-refractivity contribution in [2.45, 2.75) is 82.6 Å². The minimum atomic E-state index is -1.18. The van der Waals surface area contributed by atoms with Crippen LogP contribution in [0.2, 0.25) is 0 Å². The van der Waals surface area contributed by atoms with Crippen LogP contribution in [0.15, 0.2) is 54.6 Å². The Kier molecular flexibility index (Phi) is 16.2. The van der Waals surface area contributed by atoms with Crippen LogP contribution in [0.4, 0.5) is 0 Å². The number of amides is 5. The average molecular weight is 727 g/mol. The van der Waals surface area contributed by atoms with Gasteiger partial charge < -0.3 is 42.1 Å². The smallest absolute Gasteiger partial charge is 0.326 e. The first-order valence-electron chi connectivity index (χ1n) is 17.1. The van der Waals surface area contributed by atoms with Gasteiger partial charge in [0.1, 0.15) is 29.9 Å². The molecule has 2 aromatic rings. The van der Waals surface area contributed by atoms with Gasteiger partial charge in [-0.15, -0.1) is 0 Å². The van der Waals surface area contributed by atoms with Gasteiger partial charge in [0.25, 0.3) is 0 Å². The van der Waals surface area contributed by atoms with Crippen molar-refractivity contribution in [3.63, 3.8) is 0 Å². The molecule has 5 atom stereocenters. The molecule has 278 valence electrons. The number of likely N-dealkylation sites (tertiary alicyclic amines) is 1. The van der Waals surface area contributed by atoms with E-state index in [1.54, 1.807) is 36.4 Å². The van der Waals surface area contributed by atoms with Crippen molar-refractivity contribution in [1.82, 2.24) is 26.2 Å². The molecule has 1 aliphatic heterocycles. The number of hydrogen-bond donors (Lipinski definition) is 7. The molecule has 0 saturated carbocycles. The monoisotopic (exact) mass is 726 g/mol. The molecule has 51 heavy (non-hydrogen) atoms. The first-order chi connectivity index (χ1) is 24.3. The predicted molar refractivity (Wildman–Crippen MR) is 194 cm³/mol. The summed E-state index contributed by atoms with van der Waals surface area (Å²) in [6.45, 7) is 3.53. The molecule has 8 N–H and O–H groups in total. The molecule has 1 aliphatic rings. The summed E-state index contributed by atoms with van der Waals surface area (Å²) in [6.07, 6.45) is 3.50. The topological polar surface area (TPSA) is 220 Å². The minimum Gasteiger partial charge on any atom is -0.508 e. The fourth-order valence-corrected chi connectivity index (χ4v) is 6.25. The molecule has 0 aromatic heterocycles. The summed E-state index contributed by atoms with van der Waals surface area (Å²) in [6, 6.07) is 10.2. The molecule has 0 radical (unpaired) electrons. The number of thioether (sulfide) groups is 1. The molecule has 0 spiro atoms. The van der Waals surface area contributed by atoms with Crippen LogP contribution in [0.25, 0.3) is 0 Å². The number of nitrogens with two attached hydrogens (primary N) is 1. The van der Waals surface area contributed by atoms with Crippen molar-refractivity contribution in [3.8, 4) is 5.75 Å². The van der Waals surface area contributed by atoms with Gasteiger partial charge >= 0.3 is 5.97 Å². The molecule has 1 fully saturated rings. The van der Waals surface area contributed by atoms with Gasteiger partial charge in [-0.05, 0) is 73.3 Å². The Bertz CT molecular complexity index is 1490. The molecule has 3 rings (SSSR count). The highest BCUT2D eigenvalue weighted by Crippen LogP contribution is 2.18. The number of nitrogens with one attached hydrogen (secondary N) is 4. The number of benzene rings is 2. The molecule has 1 heterocycles. The van der Waals surface area contributed by atoms with Crippen molar-refractivity contribution < 1.29 is 39.0 Å². The second-order valence-electron chi connectivity index (χ2n) is 13.1. The summed E-state index contributed by atoms with van der Waals surface area (Å²) in [5.74, 6) is -3.37. The minimum absolute atomic E-state index is 0.00153. The zero-order chi connectivity index (χ0) is 37.5. The summed E-state index contributed by atoms with van der Waals surface area (Å²) in [4.78, 5) is 79.6. The third-order valence-electron chi connectivity index (χ3n) is 8.50. The van der Waals surface area contributed by atoms with Crippen molar-refractivity contribution in [2.24, 2.45) is 11.7 Å². The molecule has 0 bridgehead atoms. The van der Waals surface area contributed by atoms with Crippen LogP contribution in [-0.2, 0) is 41.6 Å².